The number of rotatable bonds is 5. The number of aryl methyl sites for hydroxylation is 1. The number of nitrogens with one attached hydrogen (secondary N) is 1. The summed E-state index contributed by atoms with van der Waals surface area (Å²) >= 11 is 1.36. The Labute approximate surface area is 132 Å². The smallest absolute Gasteiger partial charge is 0.341 e. The van der Waals surface area contributed by atoms with Gasteiger partial charge in [0.1, 0.15) is 5.82 Å². The quantitative estimate of drug-likeness (QED) is 0.495. The molecule has 0 unspecified atom stereocenters. The fourth-order valence-corrected chi connectivity index (χ4v) is 3.00. The molecule has 0 bridgehead atoms. The van der Waals surface area contributed by atoms with Crippen molar-refractivity contribution >= 4 is 23.4 Å². The van der Waals surface area contributed by atoms with Gasteiger partial charge in [-0.25, -0.2) is 9.18 Å². The van der Waals surface area contributed by atoms with Gasteiger partial charge in [0.25, 0.3) is 0 Å². The van der Waals surface area contributed by atoms with Crippen molar-refractivity contribution in [2.45, 2.75) is 17.6 Å². The lowest BCUT2D eigenvalue weighted by Crippen LogP contribution is -2.09. The third-order valence-corrected chi connectivity index (χ3v) is 4.33. The van der Waals surface area contributed by atoms with E-state index in [0.717, 1.165) is 4.90 Å². The van der Waals surface area contributed by atoms with Crippen LogP contribution in [-0.2, 0) is 10.5 Å². The number of methoxy groups -OCH3 is 1. The van der Waals surface area contributed by atoms with Crippen molar-refractivity contribution in [3.05, 3.63) is 58.9 Å². The Morgan fingerprint density at radius 2 is 2.05 bits per heavy atom. The zero-order valence-corrected chi connectivity index (χ0v) is 13.0. The number of carbonyl (C=O) groups is 1. The highest BCUT2D eigenvalue weighted by Crippen LogP contribution is 2.31. The van der Waals surface area contributed by atoms with Crippen LogP contribution in [0.25, 0.3) is 0 Å². The molecule has 2 rings (SSSR count). The van der Waals surface area contributed by atoms with Crippen molar-refractivity contribution < 1.29 is 19.1 Å². The van der Waals surface area contributed by atoms with E-state index in [-0.39, 0.29) is 5.56 Å². The first-order chi connectivity index (χ1) is 10.6. The lowest BCUT2D eigenvalue weighted by Gasteiger charge is -2.11. The van der Waals surface area contributed by atoms with Gasteiger partial charge in [0.15, 0.2) is 0 Å². The molecule has 22 heavy (non-hydrogen) atoms. The second-order valence-electron chi connectivity index (χ2n) is 4.62. The number of esters is 1. The van der Waals surface area contributed by atoms with E-state index >= 15 is 0 Å². The van der Waals surface area contributed by atoms with Crippen LogP contribution < -0.4 is 5.48 Å². The van der Waals surface area contributed by atoms with Crippen LogP contribution in [-0.4, -0.2) is 18.3 Å². The molecule has 0 radical (unpaired) electrons. The molecular formula is C16H16FNO3S. The molecule has 0 aliphatic carbocycles. The monoisotopic (exact) mass is 321 g/mol. The van der Waals surface area contributed by atoms with E-state index in [2.05, 4.69) is 10.2 Å². The first kappa shape index (κ1) is 16.3. The molecule has 116 valence electrons. The molecular weight excluding hydrogens is 305 g/mol. The highest BCUT2D eigenvalue weighted by atomic mass is 32.2. The number of carbonyl (C=O) groups excluding carboxylic acids is 1. The summed E-state index contributed by atoms with van der Waals surface area (Å²) in [4.78, 5) is 12.5. The SMILES string of the molecule is COC(=O)c1c(C)ccc(CSc2ccccc2NO)c1F. The molecule has 2 aromatic carbocycles. The fraction of sp³-hybridized carbons (Fsp3) is 0.188. The molecule has 0 fully saturated rings. The second-order valence-corrected chi connectivity index (χ2v) is 5.64. The summed E-state index contributed by atoms with van der Waals surface area (Å²) < 4.78 is 19.1. The third-order valence-electron chi connectivity index (χ3n) is 3.21. The van der Waals surface area contributed by atoms with E-state index < -0.39 is 11.8 Å². The van der Waals surface area contributed by atoms with E-state index in [1.165, 1.54) is 18.9 Å². The molecule has 0 aliphatic heterocycles. The minimum atomic E-state index is -0.681. The maximum atomic E-state index is 14.5. The Kier molecular flexibility index (Phi) is 5.41. The van der Waals surface area contributed by atoms with Crippen molar-refractivity contribution in [1.82, 2.24) is 0 Å². The summed E-state index contributed by atoms with van der Waals surface area (Å²) in [5, 5.41) is 9.06. The van der Waals surface area contributed by atoms with Crippen molar-refractivity contribution in [1.29, 1.82) is 0 Å². The van der Waals surface area contributed by atoms with Crippen LogP contribution in [0.1, 0.15) is 21.5 Å². The highest BCUT2D eigenvalue weighted by molar-refractivity contribution is 7.98. The van der Waals surface area contributed by atoms with Gasteiger partial charge in [0.05, 0.1) is 18.4 Å². The number of thioether (sulfide) groups is 1. The molecule has 0 saturated heterocycles. The van der Waals surface area contributed by atoms with Crippen LogP contribution in [0.5, 0.6) is 0 Å². The molecule has 0 atom stereocenters. The van der Waals surface area contributed by atoms with Crippen LogP contribution in [0.4, 0.5) is 10.1 Å². The molecule has 0 spiro atoms. The minimum absolute atomic E-state index is 0.0332. The van der Waals surface area contributed by atoms with E-state index in [1.54, 1.807) is 31.2 Å². The van der Waals surface area contributed by atoms with Gasteiger partial charge >= 0.3 is 5.97 Å². The average molecular weight is 321 g/mol. The maximum absolute atomic E-state index is 14.5. The summed E-state index contributed by atoms with van der Waals surface area (Å²) in [5.74, 6) is -0.914. The van der Waals surface area contributed by atoms with Gasteiger partial charge in [-0.1, -0.05) is 24.3 Å². The molecule has 6 heteroatoms. The number of para-hydroxylation sites is 1. The Morgan fingerprint density at radius 1 is 1.32 bits per heavy atom. The normalized spacial score (nSPS) is 10.4. The van der Waals surface area contributed by atoms with Gasteiger partial charge in [0.2, 0.25) is 0 Å². The zero-order chi connectivity index (χ0) is 16.1. The largest absolute Gasteiger partial charge is 0.465 e. The zero-order valence-electron chi connectivity index (χ0n) is 12.2. The first-order valence-corrected chi connectivity index (χ1v) is 7.55. The molecule has 2 N–H and O–H groups in total. The Bertz CT molecular complexity index is 691. The number of anilines is 1. The number of benzene rings is 2. The summed E-state index contributed by atoms with van der Waals surface area (Å²) in [6, 6.07) is 10.5. The fourth-order valence-electron chi connectivity index (χ4n) is 2.02. The van der Waals surface area contributed by atoms with Gasteiger partial charge in [0, 0.05) is 10.6 Å². The first-order valence-electron chi connectivity index (χ1n) is 6.56. The molecule has 0 heterocycles. The van der Waals surface area contributed by atoms with E-state index in [0.29, 0.717) is 22.6 Å². The molecule has 4 nitrogen and oxygen atoms in total. The lowest BCUT2D eigenvalue weighted by molar-refractivity contribution is 0.0594. The van der Waals surface area contributed by atoms with E-state index in [4.69, 9.17) is 5.21 Å². The van der Waals surface area contributed by atoms with E-state index in [9.17, 15) is 9.18 Å². The third kappa shape index (κ3) is 3.40. The standard InChI is InChI=1S/C16H16FNO3S/c1-10-7-8-11(15(17)14(10)16(19)21-2)9-22-13-6-4-3-5-12(13)18-20/h3-8,18,20H,9H2,1-2H3. The van der Waals surface area contributed by atoms with E-state index in [1.807, 2.05) is 12.1 Å². The molecule has 0 aromatic heterocycles. The predicted octanol–water partition coefficient (Wildman–Crippen LogP) is 4.01. The molecule has 0 amide bonds. The number of ether oxygens (including phenoxy) is 1. The van der Waals surface area contributed by atoms with Gasteiger partial charge in [-0.15, -0.1) is 11.8 Å². The molecule has 2 aromatic rings. The Hall–Kier alpha value is -2.05. The number of hydrogen-bond acceptors (Lipinski definition) is 5. The van der Waals surface area contributed by atoms with Gasteiger partial charge < -0.3 is 4.74 Å². The van der Waals surface area contributed by atoms with Gasteiger partial charge in [-0.05, 0) is 30.2 Å². The van der Waals surface area contributed by atoms with Crippen LogP contribution in [0.3, 0.4) is 0 Å². The Morgan fingerprint density at radius 3 is 2.73 bits per heavy atom. The maximum Gasteiger partial charge on any atom is 0.341 e. The van der Waals surface area contributed by atoms with Gasteiger partial charge in [-0.2, -0.15) is 0 Å². The predicted molar refractivity (Wildman–Crippen MR) is 83.9 cm³/mol. The number of halogens is 1. The van der Waals surface area contributed by atoms with Crippen molar-refractivity contribution in [2.24, 2.45) is 0 Å². The average Bonchev–Trinajstić information content (AvgIpc) is 2.54. The van der Waals surface area contributed by atoms with Crippen LogP contribution >= 0.6 is 11.8 Å². The molecule has 0 saturated carbocycles. The summed E-state index contributed by atoms with van der Waals surface area (Å²) in [6.07, 6.45) is 0. The van der Waals surface area contributed by atoms with Gasteiger partial charge in [-0.3, -0.25) is 10.7 Å². The lowest BCUT2D eigenvalue weighted by atomic mass is 10.0. The van der Waals surface area contributed by atoms with Crippen molar-refractivity contribution in [2.75, 3.05) is 12.6 Å². The van der Waals surface area contributed by atoms with Crippen molar-refractivity contribution in [3.8, 4) is 0 Å². The number of hydrogen-bond donors (Lipinski definition) is 2. The summed E-state index contributed by atoms with van der Waals surface area (Å²) in [7, 11) is 1.23. The minimum Gasteiger partial charge on any atom is -0.465 e. The second kappa shape index (κ2) is 7.29. The van der Waals surface area contributed by atoms with Crippen LogP contribution in [0.2, 0.25) is 0 Å². The summed E-state index contributed by atoms with van der Waals surface area (Å²) in [5.41, 5.74) is 3.57. The molecule has 0 aliphatic rings. The highest BCUT2D eigenvalue weighted by Gasteiger charge is 2.18. The van der Waals surface area contributed by atoms with Crippen LogP contribution in [0.15, 0.2) is 41.3 Å². The summed E-state index contributed by atoms with van der Waals surface area (Å²) in [6.45, 7) is 1.66. The topological polar surface area (TPSA) is 58.6 Å². The van der Waals surface area contributed by atoms with Crippen LogP contribution in [0, 0.1) is 12.7 Å². The Balaban J connectivity index is 2.25. The van der Waals surface area contributed by atoms with Crippen molar-refractivity contribution in [3.63, 3.8) is 0 Å².